The van der Waals surface area contributed by atoms with E-state index in [0.717, 1.165) is 22.8 Å². The zero-order valence-corrected chi connectivity index (χ0v) is 16.4. The summed E-state index contributed by atoms with van der Waals surface area (Å²) in [7, 11) is 0. The number of nitrogens with zero attached hydrogens (tertiary/aromatic N) is 1. The van der Waals surface area contributed by atoms with Gasteiger partial charge >= 0.3 is 0 Å². The molecule has 6 nitrogen and oxygen atoms in total. The molecule has 0 bridgehead atoms. The predicted molar refractivity (Wildman–Crippen MR) is 106 cm³/mol. The number of aryl methyl sites for hydroxylation is 1. The van der Waals surface area contributed by atoms with Crippen LogP contribution < -0.4 is 15.4 Å². The first-order valence-electron chi connectivity index (χ1n) is 8.53. The second-order valence-electron chi connectivity index (χ2n) is 6.12. The molecular weight excluding hydrogens is 400 g/mol. The van der Waals surface area contributed by atoms with Crippen LogP contribution in [0.4, 0.5) is 20.2 Å². The van der Waals surface area contributed by atoms with Gasteiger partial charge in [-0.15, -0.1) is 11.3 Å². The lowest BCUT2D eigenvalue weighted by atomic mass is 10.2. The van der Waals surface area contributed by atoms with Crippen molar-refractivity contribution in [2.24, 2.45) is 0 Å². The van der Waals surface area contributed by atoms with E-state index in [9.17, 15) is 18.4 Å². The number of aromatic nitrogens is 1. The predicted octanol–water partition coefficient (Wildman–Crippen LogP) is 4.52. The molecule has 29 heavy (non-hydrogen) atoms. The second kappa shape index (κ2) is 8.78. The molecule has 0 aliphatic heterocycles. The molecule has 1 heterocycles. The van der Waals surface area contributed by atoms with Crippen molar-refractivity contribution >= 4 is 34.5 Å². The molecule has 0 radical (unpaired) electrons. The van der Waals surface area contributed by atoms with Gasteiger partial charge in [-0.3, -0.25) is 9.59 Å². The average Bonchev–Trinajstić information content (AvgIpc) is 3.09. The standard InChI is InChI=1S/C20H17F2N3O3S/c1-11(26)23-18-7-16(21)17(22)8-19(18)25-20(27)13-4-3-5-15(6-13)28-9-14-10-29-12(2)24-14/h3-8,10H,9H2,1-2H3,(H,23,26)(H,25,27). The quantitative estimate of drug-likeness (QED) is 0.618. The third-order valence-corrected chi connectivity index (χ3v) is 4.59. The van der Waals surface area contributed by atoms with Crippen molar-refractivity contribution in [3.63, 3.8) is 0 Å². The lowest BCUT2D eigenvalue weighted by Gasteiger charge is -2.13. The van der Waals surface area contributed by atoms with Crippen LogP contribution in [0.15, 0.2) is 41.8 Å². The number of anilines is 2. The number of rotatable bonds is 6. The maximum Gasteiger partial charge on any atom is 0.255 e. The minimum atomic E-state index is -1.15. The highest BCUT2D eigenvalue weighted by atomic mass is 32.1. The minimum Gasteiger partial charge on any atom is -0.487 e. The third-order valence-electron chi connectivity index (χ3n) is 3.77. The van der Waals surface area contributed by atoms with E-state index in [1.807, 2.05) is 12.3 Å². The van der Waals surface area contributed by atoms with E-state index < -0.39 is 23.4 Å². The summed E-state index contributed by atoms with van der Waals surface area (Å²) < 4.78 is 32.8. The fourth-order valence-electron chi connectivity index (χ4n) is 2.50. The van der Waals surface area contributed by atoms with Gasteiger partial charge in [0, 0.05) is 30.0 Å². The zero-order valence-electron chi connectivity index (χ0n) is 15.6. The zero-order chi connectivity index (χ0) is 21.0. The normalized spacial score (nSPS) is 10.5. The molecular formula is C20H17F2N3O3S. The molecule has 3 aromatic rings. The maximum absolute atomic E-state index is 13.6. The Labute approximate surface area is 169 Å². The molecule has 2 N–H and O–H groups in total. The highest BCUT2D eigenvalue weighted by molar-refractivity contribution is 7.09. The first-order chi connectivity index (χ1) is 13.8. The van der Waals surface area contributed by atoms with Gasteiger partial charge in [-0.25, -0.2) is 13.8 Å². The molecule has 9 heteroatoms. The van der Waals surface area contributed by atoms with E-state index >= 15 is 0 Å². The van der Waals surface area contributed by atoms with Crippen LogP contribution in [-0.4, -0.2) is 16.8 Å². The van der Waals surface area contributed by atoms with Crippen molar-refractivity contribution in [3.05, 3.63) is 69.7 Å². The van der Waals surface area contributed by atoms with Gasteiger partial charge in [0.25, 0.3) is 5.91 Å². The summed E-state index contributed by atoms with van der Waals surface area (Å²) in [5.41, 5.74) is 0.920. The Bertz CT molecular complexity index is 1070. The Kier molecular flexibility index (Phi) is 6.18. The highest BCUT2D eigenvalue weighted by Gasteiger charge is 2.15. The number of thiazole rings is 1. The molecule has 2 aromatic carbocycles. The van der Waals surface area contributed by atoms with Crippen molar-refractivity contribution in [1.29, 1.82) is 0 Å². The minimum absolute atomic E-state index is 0.0453. The lowest BCUT2D eigenvalue weighted by molar-refractivity contribution is -0.114. The van der Waals surface area contributed by atoms with Gasteiger partial charge in [0.15, 0.2) is 11.6 Å². The Hall–Kier alpha value is -3.33. The van der Waals surface area contributed by atoms with Crippen molar-refractivity contribution in [2.45, 2.75) is 20.5 Å². The van der Waals surface area contributed by atoms with E-state index in [0.29, 0.717) is 5.75 Å². The van der Waals surface area contributed by atoms with Crippen LogP contribution in [-0.2, 0) is 11.4 Å². The summed E-state index contributed by atoms with van der Waals surface area (Å²) >= 11 is 1.51. The highest BCUT2D eigenvalue weighted by Crippen LogP contribution is 2.26. The van der Waals surface area contributed by atoms with Crippen molar-refractivity contribution < 1.29 is 23.1 Å². The summed E-state index contributed by atoms with van der Waals surface area (Å²) in [6.07, 6.45) is 0. The molecule has 0 saturated heterocycles. The SMILES string of the molecule is CC(=O)Nc1cc(F)c(F)cc1NC(=O)c1cccc(OCc2csc(C)n2)c1. The summed E-state index contributed by atoms with van der Waals surface area (Å²) in [5.74, 6) is -2.89. The van der Waals surface area contributed by atoms with Gasteiger partial charge in [0.2, 0.25) is 5.91 Å². The van der Waals surface area contributed by atoms with Gasteiger partial charge in [-0.2, -0.15) is 0 Å². The van der Waals surface area contributed by atoms with E-state index in [2.05, 4.69) is 15.6 Å². The van der Waals surface area contributed by atoms with Crippen LogP contribution in [0, 0.1) is 18.6 Å². The molecule has 0 spiro atoms. The Morgan fingerprint density at radius 2 is 1.79 bits per heavy atom. The molecule has 3 rings (SSSR count). The number of amides is 2. The summed E-state index contributed by atoms with van der Waals surface area (Å²) in [6.45, 7) is 3.37. The van der Waals surface area contributed by atoms with Crippen LogP contribution >= 0.6 is 11.3 Å². The first-order valence-corrected chi connectivity index (χ1v) is 9.41. The fraction of sp³-hybridized carbons (Fsp3) is 0.150. The van der Waals surface area contributed by atoms with E-state index in [1.165, 1.54) is 24.3 Å². The molecule has 0 aliphatic rings. The first kappa shape index (κ1) is 20.4. The van der Waals surface area contributed by atoms with Crippen LogP contribution in [0.1, 0.15) is 28.0 Å². The summed E-state index contributed by atoms with van der Waals surface area (Å²) in [6, 6.07) is 8.01. The molecule has 0 atom stereocenters. The van der Waals surface area contributed by atoms with Crippen LogP contribution in [0.25, 0.3) is 0 Å². The van der Waals surface area contributed by atoms with E-state index in [1.54, 1.807) is 18.2 Å². The monoisotopic (exact) mass is 417 g/mol. The number of hydrogen-bond acceptors (Lipinski definition) is 5. The number of carbonyl (C=O) groups excluding carboxylic acids is 2. The smallest absolute Gasteiger partial charge is 0.255 e. The molecule has 1 aromatic heterocycles. The van der Waals surface area contributed by atoms with Gasteiger partial charge < -0.3 is 15.4 Å². The molecule has 150 valence electrons. The number of hydrogen-bond donors (Lipinski definition) is 2. The van der Waals surface area contributed by atoms with Gasteiger partial charge in [-0.1, -0.05) is 6.07 Å². The van der Waals surface area contributed by atoms with Gasteiger partial charge in [-0.05, 0) is 25.1 Å². The molecule has 0 saturated carbocycles. The van der Waals surface area contributed by atoms with E-state index in [-0.39, 0.29) is 23.5 Å². The molecule has 0 fully saturated rings. The Morgan fingerprint density at radius 3 is 2.41 bits per heavy atom. The average molecular weight is 417 g/mol. The van der Waals surface area contributed by atoms with Crippen LogP contribution in [0.3, 0.4) is 0 Å². The number of ether oxygens (including phenoxy) is 1. The Morgan fingerprint density at radius 1 is 1.10 bits per heavy atom. The second-order valence-corrected chi connectivity index (χ2v) is 7.18. The number of carbonyl (C=O) groups is 2. The van der Waals surface area contributed by atoms with Crippen LogP contribution in [0.5, 0.6) is 5.75 Å². The Balaban J connectivity index is 1.75. The van der Waals surface area contributed by atoms with E-state index in [4.69, 9.17) is 4.74 Å². The van der Waals surface area contributed by atoms with Gasteiger partial charge in [0.1, 0.15) is 12.4 Å². The van der Waals surface area contributed by atoms with Gasteiger partial charge in [0.05, 0.1) is 22.1 Å². The summed E-state index contributed by atoms with van der Waals surface area (Å²) in [4.78, 5) is 28.2. The largest absolute Gasteiger partial charge is 0.487 e. The topological polar surface area (TPSA) is 80.3 Å². The maximum atomic E-state index is 13.6. The molecule has 0 unspecified atom stereocenters. The molecule has 2 amide bonds. The number of benzene rings is 2. The summed E-state index contributed by atoms with van der Waals surface area (Å²) in [5, 5.41) is 7.65. The molecule has 0 aliphatic carbocycles. The van der Waals surface area contributed by atoms with Crippen molar-refractivity contribution in [2.75, 3.05) is 10.6 Å². The van der Waals surface area contributed by atoms with Crippen LogP contribution in [0.2, 0.25) is 0 Å². The number of nitrogens with one attached hydrogen (secondary N) is 2. The van der Waals surface area contributed by atoms with Crippen molar-refractivity contribution in [1.82, 2.24) is 4.98 Å². The van der Waals surface area contributed by atoms with Crippen molar-refractivity contribution in [3.8, 4) is 5.75 Å². The third kappa shape index (κ3) is 5.35. The lowest BCUT2D eigenvalue weighted by Crippen LogP contribution is -2.16. The number of halogens is 2. The fourth-order valence-corrected chi connectivity index (χ4v) is 3.09.